The standard InChI is InChI=1S/C65H39N5/c1-2-18-42(19-3-1)63-66-64(56-38-44-20-6-7-21-47(44)50-24-10-11-25-51(50)56)68-65(67-63)61-48-22-8-4-16-40(48)32-35-59(61)70-58-29-15-13-27-53(58)55-37-43-30-33-46(36-45(43)39-60(55)70)69-57-28-14-12-26-52(57)54-34-31-41-17-5-9-23-49(41)62(54)69/h1-39H. The Morgan fingerprint density at radius 3 is 1.64 bits per heavy atom. The summed E-state index contributed by atoms with van der Waals surface area (Å²) >= 11 is 0. The number of rotatable bonds is 5. The predicted octanol–water partition coefficient (Wildman–Crippen LogP) is 16.8. The van der Waals surface area contributed by atoms with Gasteiger partial charge in [-0.2, -0.15) is 0 Å². The fourth-order valence-corrected chi connectivity index (χ4v) is 11.3. The Kier molecular flexibility index (Phi) is 8.29. The first kappa shape index (κ1) is 38.6. The second-order valence-electron chi connectivity index (χ2n) is 18.3. The van der Waals surface area contributed by atoms with E-state index in [4.69, 9.17) is 15.0 Å². The summed E-state index contributed by atoms with van der Waals surface area (Å²) in [6.07, 6.45) is 0. The first-order valence-electron chi connectivity index (χ1n) is 23.8. The first-order valence-corrected chi connectivity index (χ1v) is 23.8. The molecule has 3 heterocycles. The molecule has 0 saturated carbocycles. The van der Waals surface area contributed by atoms with Crippen LogP contribution in [0.2, 0.25) is 0 Å². The SMILES string of the molecule is c1ccc(-c2nc(-c3c(-n4c5ccccc5c5cc6ccc(-n7c8ccccc8c8ccc9ccccc9c87)cc6cc54)ccc4ccccc34)nc(-c3cc4ccccc4c4ccccc34)n2)cc1. The van der Waals surface area contributed by atoms with Gasteiger partial charge >= 0.3 is 0 Å². The maximum absolute atomic E-state index is 5.56. The van der Waals surface area contributed by atoms with E-state index < -0.39 is 0 Å². The van der Waals surface area contributed by atoms with Gasteiger partial charge in [0.2, 0.25) is 0 Å². The van der Waals surface area contributed by atoms with E-state index in [-0.39, 0.29) is 0 Å². The van der Waals surface area contributed by atoms with Crippen molar-refractivity contribution in [1.29, 1.82) is 0 Å². The third kappa shape index (κ3) is 5.76. The summed E-state index contributed by atoms with van der Waals surface area (Å²) in [6, 6.07) is 85.3. The van der Waals surface area contributed by atoms with E-state index in [2.05, 4.69) is 228 Å². The molecule has 0 unspecified atom stereocenters. The number of para-hydroxylation sites is 2. The van der Waals surface area contributed by atoms with Gasteiger partial charge in [0.05, 0.1) is 33.3 Å². The molecule has 0 N–H and O–H groups in total. The summed E-state index contributed by atoms with van der Waals surface area (Å²) in [5.41, 5.74) is 9.57. The van der Waals surface area contributed by atoms with Crippen LogP contribution in [0.3, 0.4) is 0 Å². The molecule has 5 heteroatoms. The average molecular weight is 890 g/mol. The lowest BCUT2D eigenvalue weighted by molar-refractivity contribution is 1.07. The number of aromatic nitrogens is 5. The molecule has 70 heavy (non-hydrogen) atoms. The van der Waals surface area contributed by atoms with Gasteiger partial charge in [0.1, 0.15) is 0 Å². The minimum Gasteiger partial charge on any atom is -0.309 e. The minimum absolute atomic E-state index is 0.612. The fraction of sp³-hybridized carbons (Fsp3) is 0. The Balaban J connectivity index is 1.02. The number of hydrogen-bond acceptors (Lipinski definition) is 3. The molecule has 15 aromatic rings. The van der Waals surface area contributed by atoms with Crippen molar-refractivity contribution in [2.75, 3.05) is 0 Å². The first-order chi connectivity index (χ1) is 34.7. The van der Waals surface area contributed by atoms with E-state index in [0.717, 1.165) is 71.4 Å². The molecule has 5 nitrogen and oxygen atoms in total. The Bertz CT molecular complexity index is 4660. The smallest absolute Gasteiger partial charge is 0.166 e. The molecule has 0 fully saturated rings. The largest absolute Gasteiger partial charge is 0.309 e. The van der Waals surface area contributed by atoms with Gasteiger partial charge in [-0.25, -0.2) is 15.0 Å². The van der Waals surface area contributed by atoms with Gasteiger partial charge in [-0.05, 0) is 97.0 Å². The van der Waals surface area contributed by atoms with Crippen LogP contribution in [0.1, 0.15) is 0 Å². The van der Waals surface area contributed by atoms with Crippen molar-refractivity contribution in [3.8, 4) is 45.5 Å². The van der Waals surface area contributed by atoms with Crippen LogP contribution in [0.5, 0.6) is 0 Å². The molecule has 0 aliphatic rings. The summed E-state index contributed by atoms with van der Waals surface area (Å²) in [7, 11) is 0. The van der Waals surface area contributed by atoms with E-state index in [0.29, 0.717) is 17.5 Å². The summed E-state index contributed by atoms with van der Waals surface area (Å²) < 4.78 is 4.89. The monoisotopic (exact) mass is 889 g/mol. The highest BCUT2D eigenvalue weighted by Gasteiger charge is 2.23. The molecule has 0 bridgehead atoms. The Morgan fingerprint density at radius 1 is 0.271 bits per heavy atom. The Morgan fingerprint density at radius 2 is 0.843 bits per heavy atom. The van der Waals surface area contributed by atoms with Gasteiger partial charge < -0.3 is 9.13 Å². The average Bonchev–Trinajstić information content (AvgIpc) is 3.94. The third-order valence-electron chi connectivity index (χ3n) is 14.5. The Labute approximate surface area is 401 Å². The lowest BCUT2D eigenvalue weighted by Gasteiger charge is -2.18. The Hall–Kier alpha value is -9.45. The molecule has 0 saturated heterocycles. The van der Waals surface area contributed by atoms with Gasteiger partial charge in [0.25, 0.3) is 0 Å². The maximum atomic E-state index is 5.56. The van der Waals surface area contributed by atoms with Crippen LogP contribution in [0.25, 0.3) is 143 Å². The summed E-state index contributed by atoms with van der Waals surface area (Å²) in [6.45, 7) is 0. The molecule has 0 radical (unpaired) electrons. The van der Waals surface area contributed by atoms with E-state index in [9.17, 15) is 0 Å². The number of benzene rings is 12. The van der Waals surface area contributed by atoms with Crippen molar-refractivity contribution in [3.63, 3.8) is 0 Å². The zero-order chi connectivity index (χ0) is 45.9. The lowest BCUT2D eigenvalue weighted by atomic mass is 9.96. The topological polar surface area (TPSA) is 48.5 Å². The molecule has 324 valence electrons. The van der Waals surface area contributed by atoms with E-state index in [1.165, 1.54) is 54.1 Å². The minimum atomic E-state index is 0.612. The van der Waals surface area contributed by atoms with Crippen molar-refractivity contribution in [2.45, 2.75) is 0 Å². The second kappa shape index (κ2) is 15.0. The van der Waals surface area contributed by atoms with E-state index >= 15 is 0 Å². The zero-order valence-electron chi connectivity index (χ0n) is 37.8. The van der Waals surface area contributed by atoms with Gasteiger partial charge in [-0.3, -0.25) is 0 Å². The molecule has 0 amide bonds. The molecule has 0 spiro atoms. The van der Waals surface area contributed by atoms with Crippen molar-refractivity contribution >= 4 is 97.5 Å². The predicted molar refractivity (Wildman–Crippen MR) is 292 cm³/mol. The molecule has 0 aliphatic heterocycles. The van der Waals surface area contributed by atoms with Crippen molar-refractivity contribution in [2.24, 2.45) is 0 Å². The molecular weight excluding hydrogens is 851 g/mol. The van der Waals surface area contributed by atoms with E-state index in [1.54, 1.807) is 0 Å². The molecule has 12 aromatic carbocycles. The number of hydrogen-bond donors (Lipinski definition) is 0. The quantitative estimate of drug-likeness (QED) is 0.162. The van der Waals surface area contributed by atoms with Gasteiger partial charge in [-0.15, -0.1) is 0 Å². The molecule has 3 aromatic heterocycles. The van der Waals surface area contributed by atoms with Crippen molar-refractivity contribution < 1.29 is 0 Å². The van der Waals surface area contributed by atoms with Crippen LogP contribution in [0, 0.1) is 0 Å². The van der Waals surface area contributed by atoms with Gasteiger partial charge in [-0.1, -0.05) is 188 Å². The second-order valence-corrected chi connectivity index (χ2v) is 18.3. The summed E-state index contributed by atoms with van der Waals surface area (Å²) in [4.78, 5) is 16.3. The van der Waals surface area contributed by atoms with Crippen LogP contribution in [-0.4, -0.2) is 24.1 Å². The fourth-order valence-electron chi connectivity index (χ4n) is 11.3. The lowest BCUT2D eigenvalue weighted by Crippen LogP contribution is -2.04. The van der Waals surface area contributed by atoms with Crippen LogP contribution in [0.15, 0.2) is 237 Å². The third-order valence-corrected chi connectivity index (χ3v) is 14.5. The zero-order valence-corrected chi connectivity index (χ0v) is 37.8. The molecule has 0 atom stereocenters. The molecule has 0 aliphatic carbocycles. The molecular formula is C65H39N5. The summed E-state index contributed by atoms with van der Waals surface area (Å²) in [5.74, 6) is 1.86. The van der Waals surface area contributed by atoms with Crippen LogP contribution in [0.4, 0.5) is 0 Å². The highest BCUT2D eigenvalue weighted by Crippen LogP contribution is 2.43. The van der Waals surface area contributed by atoms with Gasteiger partial charge in [0, 0.05) is 43.7 Å². The maximum Gasteiger partial charge on any atom is 0.166 e. The number of nitrogens with zero attached hydrogens (tertiary/aromatic N) is 5. The van der Waals surface area contributed by atoms with Crippen LogP contribution >= 0.6 is 0 Å². The van der Waals surface area contributed by atoms with E-state index in [1.807, 2.05) is 18.2 Å². The van der Waals surface area contributed by atoms with Crippen molar-refractivity contribution in [3.05, 3.63) is 237 Å². The van der Waals surface area contributed by atoms with Crippen LogP contribution < -0.4 is 0 Å². The van der Waals surface area contributed by atoms with Crippen molar-refractivity contribution in [1.82, 2.24) is 24.1 Å². The number of fused-ring (bicyclic) bond motifs is 13. The summed E-state index contributed by atoms with van der Waals surface area (Å²) in [5, 5.41) is 16.4. The van der Waals surface area contributed by atoms with Crippen LogP contribution in [-0.2, 0) is 0 Å². The highest BCUT2D eigenvalue weighted by molar-refractivity contribution is 6.20. The normalized spacial score (nSPS) is 12.0. The van der Waals surface area contributed by atoms with Gasteiger partial charge in [0.15, 0.2) is 17.5 Å². The highest BCUT2D eigenvalue weighted by atomic mass is 15.1. The molecule has 15 rings (SSSR count).